The number of benzene rings is 1. The lowest BCUT2D eigenvalue weighted by molar-refractivity contribution is -0.0689. The number of hydrogen-bond donors (Lipinski definition) is 3. The van der Waals surface area contributed by atoms with Gasteiger partial charge in [-0.2, -0.15) is 0 Å². The SMILES string of the molecule is COc1c(Cl)cccc1Nc1c(-c2ccncc2O[C@H](C)[C@@H]2CN(C)CCO2)[nH]c2c1C(=O)NCC2. The van der Waals surface area contributed by atoms with Crippen LogP contribution in [0, 0.1) is 0 Å². The second-order valence-corrected chi connectivity index (χ2v) is 9.45. The van der Waals surface area contributed by atoms with Crippen molar-refractivity contribution < 1.29 is 19.0 Å². The second kappa shape index (κ2) is 10.4. The quantitative estimate of drug-likeness (QED) is 0.442. The second-order valence-electron chi connectivity index (χ2n) is 9.05. The van der Waals surface area contributed by atoms with Crippen LogP contribution in [0.5, 0.6) is 11.5 Å². The molecule has 2 aromatic heterocycles. The Hall–Kier alpha value is -3.27. The van der Waals surface area contributed by atoms with E-state index in [0.29, 0.717) is 53.0 Å². The third-order valence-corrected chi connectivity index (χ3v) is 6.88. The van der Waals surface area contributed by atoms with E-state index in [9.17, 15) is 4.79 Å². The van der Waals surface area contributed by atoms with Gasteiger partial charge in [-0.1, -0.05) is 17.7 Å². The number of fused-ring (bicyclic) bond motifs is 1. The molecule has 9 nitrogen and oxygen atoms in total. The number of likely N-dealkylation sites (N-methyl/N-ethyl adjacent to an activating group) is 1. The van der Waals surface area contributed by atoms with E-state index in [4.69, 9.17) is 25.8 Å². The van der Waals surface area contributed by atoms with Crippen LogP contribution in [-0.2, 0) is 11.2 Å². The van der Waals surface area contributed by atoms with Gasteiger partial charge in [-0.25, -0.2) is 0 Å². The minimum absolute atomic E-state index is 0.0623. The molecule has 1 fully saturated rings. The predicted octanol–water partition coefficient (Wildman–Crippen LogP) is 3.87. The van der Waals surface area contributed by atoms with Crippen LogP contribution in [0.25, 0.3) is 11.3 Å². The number of aromatic amines is 1. The van der Waals surface area contributed by atoms with Crippen LogP contribution in [0.3, 0.4) is 0 Å². The molecule has 4 heterocycles. The number of carbonyl (C=O) groups excluding carboxylic acids is 1. The Labute approximate surface area is 215 Å². The fraction of sp³-hybridized carbons (Fsp3) is 0.385. The molecule has 5 rings (SSSR count). The fourth-order valence-corrected chi connectivity index (χ4v) is 4.96. The number of nitrogens with zero attached hydrogens (tertiary/aromatic N) is 2. The number of morpholine rings is 1. The van der Waals surface area contributed by atoms with E-state index >= 15 is 0 Å². The van der Waals surface area contributed by atoms with Gasteiger partial charge < -0.3 is 34.7 Å². The third-order valence-electron chi connectivity index (χ3n) is 6.58. The van der Waals surface area contributed by atoms with Crippen molar-refractivity contribution in [3.63, 3.8) is 0 Å². The van der Waals surface area contributed by atoms with Crippen LogP contribution >= 0.6 is 11.6 Å². The lowest BCUT2D eigenvalue weighted by atomic mass is 10.0. The summed E-state index contributed by atoms with van der Waals surface area (Å²) in [5, 5.41) is 6.82. The number of H-pyrrole nitrogens is 1. The number of aromatic nitrogens is 2. The molecule has 0 unspecified atom stereocenters. The molecule has 0 radical (unpaired) electrons. The largest absolute Gasteiger partial charge is 0.493 e. The van der Waals surface area contributed by atoms with E-state index in [2.05, 4.69) is 32.5 Å². The number of rotatable bonds is 7. The van der Waals surface area contributed by atoms with Crippen molar-refractivity contribution in [2.75, 3.05) is 45.7 Å². The van der Waals surface area contributed by atoms with Crippen LogP contribution in [0.15, 0.2) is 36.7 Å². The summed E-state index contributed by atoms with van der Waals surface area (Å²) in [6, 6.07) is 7.33. The molecular formula is C26H30ClN5O4. The van der Waals surface area contributed by atoms with Crippen molar-refractivity contribution in [3.8, 4) is 22.8 Å². The molecule has 2 aliphatic heterocycles. The first-order chi connectivity index (χ1) is 17.5. The highest BCUT2D eigenvalue weighted by molar-refractivity contribution is 6.32. The van der Waals surface area contributed by atoms with E-state index in [1.54, 1.807) is 25.6 Å². The molecule has 2 aliphatic rings. The lowest BCUT2D eigenvalue weighted by Gasteiger charge is -2.33. The monoisotopic (exact) mass is 511 g/mol. The highest BCUT2D eigenvalue weighted by atomic mass is 35.5. The maximum absolute atomic E-state index is 13.0. The molecule has 0 aliphatic carbocycles. The Bertz CT molecular complexity index is 1260. The van der Waals surface area contributed by atoms with Gasteiger partial charge in [-0.15, -0.1) is 0 Å². The van der Waals surface area contributed by atoms with Crippen LogP contribution in [0.2, 0.25) is 5.02 Å². The molecule has 10 heteroatoms. The average Bonchev–Trinajstić information content (AvgIpc) is 3.24. The van der Waals surface area contributed by atoms with Crippen LogP contribution < -0.4 is 20.1 Å². The van der Waals surface area contributed by atoms with Crippen molar-refractivity contribution >= 4 is 28.9 Å². The summed E-state index contributed by atoms with van der Waals surface area (Å²) in [4.78, 5) is 23.0. The molecule has 36 heavy (non-hydrogen) atoms. The van der Waals surface area contributed by atoms with E-state index < -0.39 is 0 Å². The number of hydrogen-bond acceptors (Lipinski definition) is 7. The van der Waals surface area contributed by atoms with Gasteiger partial charge in [0.25, 0.3) is 5.91 Å². The van der Waals surface area contributed by atoms with E-state index in [1.807, 2.05) is 25.1 Å². The molecule has 3 aromatic rings. The van der Waals surface area contributed by atoms with Gasteiger partial charge >= 0.3 is 0 Å². The number of nitrogens with one attached hydrogen (secondary N) is 3. The first-order valence-electron chi connectivity index (χ1n) is 12.0. The van der Waals surface area contributed by atoms with E-state index in [1.165, 1.54) is 0 Å². The normalized spacial score (nSPS) is 18.8. The van der Waals surface area contributed by atoms with Crippen LogP contribution in [0.1, 0.15) is 23.0 Å². The van der Waals surface area contributed by atoms with Crippen molar-refractivity contribution in [2.45, 2.75) is 25.6 Å². The number of ether oxygens (including phenoxy) is 3. The highest BCUT2D eigenvalue weighted by Gasteiger charge is 2.30. The Morgan fingerprint density at radius 2 is 2.19 bits per heavy atom. The minimum atomic E-state index is -0.201. The minimum Gasteiger partial charge on any atom is -0.493 e. The number of para-hydroxylation sites is 1. The molecule has 190 valence electrons. The van der Waals surface area contributed by atoms with Gasteiger partial charge in [0.15, 0.2) is 5.75 Å². The third kappa shape index (κ3) is 4.74. The molecule has 3 N–H and O–H groups in total. The summed E-state index contributed by atoms with van der Waals surface area (Å²) >= 11 is 6.37. The Morgan fingerprint density at radius 3 is 3.00 bits per heavy atom. The Kier molecular flexibility index (Phi) is 7.04. The maximum Gasteiger partial charge on any atom is 0.255 e. The van der Waals surface area contributed by atoms with Crippen molar-refractivity contribution in [1.29, 1.82) is 0 Å². The number of pyridine rings is 1. The predicted molar refractivity (Wildman–Crippen MR) is 139 cm³/mol. The van der Waals surface area contributed by atoms with Gasteiger partial charge in [0.05, 0.1) is 47.6 Å². The first kappa shape index (κ1) is 24.4. The summed E-state index contributed by atoms with van der Waals surface area (Å²) in [7, 11) is 3.64. The molecule has 1 saturated heterocycles. The Morgan fingerprint density at radius 1 is 1.33 bits per heavy atom. The summed E-state index contributed by atoms with van der Waals surface area (Å²) in [6.07, 6.45) is 3.83. The summed E-state index contributed by atoms with van der Waals surface area (Å²) < 4.78 is 17.9. The van der Waals surface area contributed by atoms with Crippen LogP contribution in [0.4, 0.5) is 11.4 Å². The maximum atomic E-state index is 13.0. The number of carbonyl (C=O) groups is 1. The van der Waals surface area contributed by atoms with Crippen molar-refractivity contribution in [2.24, 2.45) is 0 Å². The Balaban J connectivity index is 1.56. The van der Waals surface area contributed by atoms with Gasteiger partial charge in [-0.3, -0.25) is 9.78 Å². The molecule has 1 aromatic carbocycles. The van der Waals surface area contributed by atoms with Crippen molar-refractivity contribution in [1.82, 2.24) is 20.2 Å². The van der Waals surface area contributed by atoms with Crippen LogP contribution in [-0.4, -0.2) is 73.4 Å². The molecule has 1 amide bonds. The number of halogens is 1. The molecular weight excluding hydrogens is 482 g/mol. The average molecular weight is 512 g/mol. The van der Waals surface area contributed by atoms with E-state index in [-0.39, 0.29) is 18.1 Å². The number of anilines is 2. The first-order valence-corrected chi connectivity index (χ1v) is 12.4. The molecule has 0 bridgehead atoms. The smallest absolute Gasteiger partial charge is 0.255 e. The van der Waals surface area contributed by atoms with Gasteiger partial charge in [0.2, 0.25) is 0 Å². The summed E-state index contributed by atoms with van der Waals surface area (Å²) in [5.41, 5.74) is 4.20. The van der Waals surface area contributed by atoms with Gasteiger partial charge in [0.1, 0.15) is 18.0 Å². The topological polar surface area (TPSA) is 101 Å². The standard InChI is InChI=1S/C26H30ClN5O4/c1-15(21-14-32(2)11-12-35-21)36-20-13-28-9-7-16(20)23-24(22-18(30-23)8-10-29-26(22)33)31-19-6-4-5-17(27)25(19)34-3/h4-7,9,13,15,21,30-31H,8,10-12,14H2,1-3H3,(H,29,33)/t15-,21+/m1/s1. The van der Waals surface area contributed by atoms with Gasteiger partial charge in [0, 0.05) is 43.5 Å². The zero-order valence-corrected chi connectivity index (χ0v) is 21.3. The summed E-state index contributed by atoms with van der Waals surface area (Å²) in [5.74, 6) is 0.947. The molecule has 0 saturated carbocycles. The summed E-state index contributed by atoms with van der Waals surface area (Å²) in [6.45, 7) is 4.93. The number of amides is 1. The molecule has 2 atom stereocenters. The zero-order chi connectivity index (χ0) is 25.2. The highest BCUT2D eigenvalue weighted by Crippen LogP contribution is 2.43. The lowest BCUT2D eigenvalue weighted by Crippen LogP contribution is -2.46. The number of methoxy groups -OCH3 is 1. The van der Waals surface area contributed by atoms with E-state index in [0.717, 1.165) is 30.0 Å². The fourth-order valence-electron chi connectivity index (χ4n) is 4.71. The van der Waals surface area contributed by atoms with Crippen molar-refractivity contribution in [3.05, 3.63) is 52.9 Å². The molecule has 0 spiro atoms. The van der Waals surface area contributed by atoms with Gasteiger partial charge in [-0.05, 0) is 32.2 Å². The zero-order valence-electron chi connectivity index (χ0n) is 20.6.